The standard InChI is InChI=1S/C18H24N2/c19-11-7-8-14-15(10-11)17-12-4-3-5-13(12)18(14)20-9-2-1-6-16(17)20/h7-8,10,12-13,16-18H,1-6,9,19H2/t12-,13+,16?,17+,18-/m1/s1. The highest BCUT2D eigenvalue weighted by Gasteiger charge is 2.56. The molecule has 3 heterocycles. The lowest BCUT2D eigenvalue weighted by Crippen LogP contribution is -2.58. The molecule has 20 heavy (non-hydrogen) atoms. The zero-order chi connectivity index (χ0) is 13.3. The third-order valence-electron chi connectivity index (χ3n) is 6.64. The fraction of sp³-hybridized carbons (Fsp3) is 0.667. The maximum Gasteiger partial charge on any atom is 0.0385 e. The molecule has 5 atom stereocenters. The Kier molecular flexibility index (Phi) is 2.33. The fourth-order valence-electron chi connectivity index (χ4n) is 6.10. The van der Waals surface area contributed by atoms with Crippen LogP contribution in [0.2, 0.25) is 0 Å². The van der Waals surface area contributed by atoms with Crippen molar-refractivity contribution in [3.05, 3.63) is 29.3 Å². The van der Waals surface area contributed by atoms with E-state index in [4.69, 9.17) is 5.73 Å². The number of benzene rings is 1. The van der Waals surface area contributed by atoms with E-state index in [2.05, 4.69) is 23.1 Å². The Morgan fingerprint density at radius 3 is 2.80 bits per heavy atom. The molecule has 2 bridgehead atoms. The second-order valence-corrected chi connectivity index (χ2v) is 7.42. The topological polar surface area (TPSA) is 29.3 Å². The molecule has 1 aromatic rings. The first-order valence-corrected chi connectivity index (χ1v) is 8.49. The summed E-state index contributed by atoms with van der Waals surface area (Å²) in [5.74, 6) is 2.67. The van der Waals surface area contributed by atoms with Crippen molar-refractivity contribution in [2.45, 2.75) is 56.5 Å². The van der Waals surface area contributed by atoms with Crippen LogP contribution in [0.4, 0.5) is 5.69 Å². The van der Waals surface area contributed by atoms with Gasteiger partial charge in [0.1, 0.15) is 0 Å². The number of hydrogen-bond donors (Lipinski definition) is 1. The molecule has 2 nitrogen and oxygen atoms in total. The van der Waals surface area contributed by atoms with Gasteiger partial charge in [-0.15, -0.1) is 0 Å². The molecule has 2 heteroatoms. The van der Waals surface area contributed by atoms with Gasteiger partial charge in [0.05, 0.1) is 0 Å². The summed E-state index contributed by atoms with van der Waals surface area (Å²) >= 11 is 0. The zero-order valence-electron chi connectivity index (χ0n) is 12.1. The van der Waals surface area contributed by atoms with Gasteiger partial charge in [-0.2, -0.15) is 0 Å². The fourth-order valence-corrected chi connectivity index (χ4v) is 6.10. The van der Waals surface area contributed by atoms with Crippen molar-refractivity contribution in [1.29, 1.82) is 0 Å². The number of hydrogen-bond acceptors (Lipinski definition) is 2. The van der Waals surface area contributed by atoms with Crippen LogP contribution in [0.15, 0.2) is 18.2 Å². The predicted molar refractivity (Wildman–Crippen MR) is 81.5 cm³/mol. The molecule has 0 amide bonds. The van der Waals surface area contributed by atoms with Crippen LogP contribution in [0.25, 0.3) is 0 Å². The minimum absolute atomic E-state index is 0.716. The van der Waals surface area contributed by atoms with E-state index in [1.807, 2.05) is 0 Å². The van der Waals surface area contributed by atoms with Gasteiger partial charge in [0.25, 0.3) is 0 Å². The van der Waals surface area contributed by atoms with Crippen LogP contribution < -0.4 is 5.73 Å². The van der Waals surface area contributed by atoms with Crippen LogP contribution >= 0.6 is 0 Å². The minimum atomic E-state index is 0.716. The van der Waals surface area contributed by atoms with Crippen molar-refractivity contribution in [3.63, 3.8) is 0 Å². The molecule has 2 aliphatic carbocycles. The van der Waals surface area contributed by atoms with Crippen LogP contribution in [-0.4, -0.2) is 17.5 Å². The smallest absolute Gasteiger partial charge is 0.0385 e. The highest BCUT2D eigenvalue weighted by molar-refractivity contribution is 5.51. The summed E-state index contributed by atoms with van der Waals surface area (Å²) in [6.45, 7) is 1.33. The van der Waals surface area contributed by atoms with Crippen molar-refractivity contribution in [2.75, 3.05) is 12.3 Å². The Balaban J connectivity index is 1.71. The first-order valence-electron chi connectivity index (χ1n) is 8.49. The average molecular weight is 268 g/mol. The van der Waals surface area contributed by atoms with Crippen LogP contribution in [0.3, 0.4) is 0 Å². The van der Waals surface area contributed by atoms with Gasteiger partial charge in [-0.05, 0) is 67.3 Å². The molecule has 0 aromatic heterocycles. The Bertz CT molecular complexity index is 552. The lowest BCUT2D eigenvalue weighted by Gasteiger charge is -2.59. The Morgan fingerprint density at radius 2 is 1.85 bits per heavy atom. The summed E-state index contributed by atoms with van der Waals surface area (Å²) in [7, 11) is 0. The van der Waals surface area contributed by atoms with Gasteiger partial charge in [-0.1, -0.05) is 18.9 Å². The highest BCUT2D eigenvalue weighted by Crippen LogP contribution is 2.62. The van der Waals surface area contributed by atoms with Crippen molar-refractivity contribution >= 4 is 5.69 Å². The molecule has 3 aliphatic heterocycles. The maximum atomic E-state index is 6.11. The van der Waals surface area contributed by atoms with E-state index in [0.29, 0.717) is 6.04 Å². The van der Waals surface area contributed by atoms with Crippen LogP contribution in [0.5, 0.6) is 0 Å². The van der Waals surface area contributed by atoms with E-state index in [1.54, 1.807) is 11.1 Å². The van der Waals surface area contributed by atoms with Crippen molar-refractivity contribution in [2.24, 2.45) is 11.8 Å². The summed E-state index contributed by atoms with van der Waals surface area (Å²) in [5, 5.41) is 0. The Morgan fingerprint density at radius 1 is 0.950 bits per heavy atom. The summed E-state index contributed by atoms with van der Waals surface area (Å²) < 4.78 is 0. The number of rotatable bonds is 0. The first-order chi connectivity index (χ1) is 9.84. The second kappa shape index (κ2) is 4.00. The highest BCUT2D eigenvalue weighted by atomic mass is 15.2. The van der Waals surface area contributed by atoms with Gasteiger partial charge in [0.2, 0.25) is 0 Å². The zero-order valence-corrected chi connectivity index (χ0v) is 12.1. The number of anilines is 1. The molecule has 2 saturated heterocycles. The number of piperidine rings is 2. The third-order valence-corrected chi connectivity index (χ3v) is 6.64. The molecule has 0 spiro atoms. The monoisotopic (exact) mass is 268 g/mol. The van der Waals surface area contributed by atoms with Gasteiger partial charge in [0, 0.05) is 23.7 Å². The van der Waals surface area contributed by atoms with Crippen LogP contribution in [0, 0.1) is 11.8 Å². The van der Waals surface area contributed by atoms with E-state index in [0.717, 1.165) is 29.5 Å². The van der Waals surface area contributed by atoms with E-state index >= 15 is 0 Å². The Labute approximate surface area is 121 Å². The van der Waals surface area contributed by atoms with Crippen molar-refractivity contribution in [1.82, 2.24) is 4.90 Å². The van der Waals surface area contributed by atoms with Crippen molar-refractivity contribution in [3.8, 4) is 0 Å². The third kappa shape index (κ3) is 1.34. The van der Waals surface area contributed by atoms with E-state index in [1.165, 1.54) is 45.1 Å². The molecule has 6 rings (SSSR count). The Hall–Kier alpha value is -1.02. The van der Waals surface area contributed by atoms with Gasteiger partial charge in [0.15, 0.2) is 0 Å². The molecule has 1 unspecified atom stereocenters. The molecule has 3 fully saturated rings. The summed E-state index contributed by atoms with van der Waals surface area (Å²) in [6, 6.07) is 8.33. The quantitative estimate of drug-likeness (QED) is 0.727. The molecule has 5 aliphatic rings. The van der Waals surface area contributed by atoms with Crippen LogP contribution in [-0.2, 0) is 0 Å². The van der Waals surface area contributed by atoms with E-state index < -0.39 is 0 Å². The van der Waals surface area contributed by atoms with Crippen molar-refractivity contribution < 1.29 is 0 Å². The first kappa shape index (κ1) is 11.6. The normalized spacial score (nSPS) is 42.1. The number of nitrogens with zero attached hydrogens (tertiary/aromatic N) is 1. The molecule has 2 N–H and O–H groups in total. The minimum Gasteiger partial charge on any atom is -0.399 e. The lowest BCUT2D eigenvalue weighted by molar-refractivity contribution is -0.0440. The molecule has 1 saturated carbocycles. The van der Waals surface area contributed by atoms with Gasteiger partial charge in [-0.3, -0.25) is 4.90 Å². The van der Waals surface area contributed by atoms with Gasteiger partial charge >= 0.3 is 0 Å². The summed E-state index contributed by atoms with van der Waals surface area (Å²) in [6.07, 6.45) is 8.62. The molecular weight excluding hydrogens is 244 g/mol. The largest absolute Gasteiger partial charge is 0.399 e. The summed E-state index contributed by atoms with van der Waals surface area (Å²) in [5.41, 5.74) is 10.3. The predicted octanol–water partition coefficient (Wildman–Crippen LogP) is 3.69. The summed E-state index contributed by atoms with van der Waals surface area (Å²) in [4.78, 5) is 2.89. The van der Waals surface area contributed by atoms with E-state index in [-0.39, 0.29) is 0 Å². The number of nitrogen functional groups attached to an aromatic ring is 1. The molecular formula is C18H24N2. The van der Waals surface area contributed by atoms with Gasteiger partial charge < -0.3 is 5.73 Å². The molecule has 0 radical (unpaired) electrons. The van der Waals surface area contributed by atoms with Gasteiger partial charge in [-0.25, -0.2) is 0 Å². The number of nitrogens with two attached hydrogens (primary N) is 1. The second-order valence-electron chi connectivity index (χ2n) is 7.42. The van der Waals surface area contributed by atoms with Crippen LogP contribution in [0.1, 0.15) is 61.6 Å². The molecule has 106 valence electrons. The van der Waals surface area contributed by atoms with E-state index in [9.17, 15) is 0 Å². The lowest BCUT2D eigenvalue weighted by atomic mass is 9.59. The SMILES string of the molecule is Nc1ccc2c(c1)[C@H]1C3CCCCN3[C@@H]2[C@H]2CCC[C@H]21. The maximum absolute atomic E-state index is 6.11. The molecule has 1 aromatic carbocycles. The average Bonchev–Trinajstić information content (AvgIpc) is 2.96.